The predicted octanol–water partition coefficient (Wildman–Crippen LogP) is 6.06. The van der Waals surface area contributed by atoms with Crippen molar-refractivity contribution < 1.29 is 14.6 Å². The summed E-state index contributed by atoms with van der Waals surface area (Å²) in [6.45, 7) is 3.18. The van der Waals surface area contributed by atoms with E-state index >= 15 is 0 Å². The van der Waals surface area contributed by atoms with E-state index in [2.05, 4.69) is 48.6 Å². The van der Waals surface area contributed by atoms with Gasteiger partial charge in [-0.3, -0.25) is 4.79 Å². The van der Waals surface area contributed by atoms with Crippen LogP contribution < -0.4 is 10.1 Å². The van der Waals surface area contributed by atoms with Gasteiger partial charge < -0.3 is 15.2 Å². The lowest BCUT2D eigenvalue weighted by molar-refractivity contribution is -0.156. The van der Waals surface area contributed by atoms with Gasteiger partial charge in [0.1, 0.15) is 5.75 Å². The fourth-order valence-corrected chi connectivity index (χ4v) is 6.06. The molecule has 0 saturated heterocycles. The minimum atomic E-state index is -0.586. The standard InChI is InChI=1S/C27H35NO3/c1-19-2-7-23(8-3-19)31-24-9-6-21-16-20(4-5-22(21)17-24)18-28-27-13-10-26(11-14-27,12-15-27)25(29)30/h4-6,9,16-17,19,23,28H,2-3,7-8,10-15,18H2,1H3,(H,29,30)/t19-,23+,26?,27?. The lowest BCUT2D eigenvalue weighted by Crippen LogP contribution is -2.56. The van der Waals surface area contributed by atoms with Gasteiger partial charge in [-0.05, 0) is 105 Å². The lowest BCUT2D eigenvalue weighted by Gasteiger charge is -2.51. The van der Waals surface area contributed by atoms with E-state index in [1.54, 1.807) is 0 Å². The molecular formula is C27H35NO3. The largest absolute Gasteiger partial charge is 0.490 e. The molecule has 0 heterocycles. The third kappa shape index (κ3) is 4.19. The zero-order valence-corrected chi connectivity index (χ0v) is 18.7. The van der Waals surface area contributed by atoms with Crippen LogP contribution in [0.3, 0.4) is 0 Å². The SMILES string of the molecule is C[C@H]1CC[C@@H](Oc2ccc3cc(CNC45CCC(C(=O)O)(CC4)CC5)ccc3c2)CC1. The Balaban J connectivity index is 1.21. The molecule has 31 heavy (non-hydrogen) atoms. The Morgan fingerprint density at radius 2 is 1.61 bits per heavy atom. The highest BCUT2D eigenvalue weighted by atomic mass is 16.5. The first-order valence-electron chi connectivity index (χ1n) is 12.1. The van der Waals surface area contributed by atoms with Crippen molar-refractivity contribution in [1.82, 2.24) is 5.32 Å². The second-order valence-electron chi connectivity index (χ2n) is 10.6. The summed E-state index contributed by atoms with van der Waals surface area (Å²) in [5.41, 5.74) is 0.973. The van der Waals surface area contributed by atoms with Gasteiger partial charge in [0.05, 0.1) is 11.5 Å². The minimum Gasteiger partial charge on any atom is -0.490 e. The van der Waals surface area contributed by atoms with Crippen LogP contribution in [-0.4, -0.2) is 22.7 Å². The van der Waals surface area contributed by atoms with E-state index in [9.17, 15) is 9.90 Å². The summed E-state index contributed by atoms with van der Waals surface area (Å²) in [7, 11) is 0. The number of carbonyl (C=O) groups is 1. The number of carboxylic acid groups (broad SMARTS) is 1. The van der Waals surface area contributed by atoms with Gasteiger partial charge in [0.15, 0.2) is 0 Å². The van der Waals surface area contributed by atoms with Crippen LogP contribution in [0.5, 0.6) is 5.75 Å². The predicted molar refractivity (Wildman–Crippen MR) is 123 cm³/mol. The average Bonchev–Trinajstić information content (AvgIpc) is 2.80. The van der Waals surface area contributed by atoms with Gasteiger partial charge in [0.25, 0.3) is 0 Å². The maximum absolute atomic E-state index is 11.7. The molecule has 2 aromatic rings. The van der Waals surface area contributed by atoms with Crippen molar-refractivity contribution in [3.63, 3.8) is 0 Å². The quantitative estimate of drug-likeness (QED) is 0.595. The molecule has 166 valence electrons. The number of hydrogen-bond donors (Lipinski definition) is 2. The summed E-state index contributed by atoms with van der Waals surface area (Å²) in [5.74, 6) is 1.24. The van der Waals surface area contributed by atoms with Crippen molar-refractivity contribution in [2.24, 2.45) is 11.3 Å². The molecule has 0 radical (unpaired) electrons. The highest BCUT2D eigenvalue weighted by molar-refractivity contribution is 5.84. The first-order valence-corrected chi connectivity index (χ1v) is 12.1. The van der Waals surface area contributed by atoms with Crippen LogP contribution in [0.25, 0.3) is 10.8 Å². The fraction of sp³-hybridized carbons (Fsp3) is 0.593. The second kappa shape index (κ2) is 8.12. The van der Waals surface area contributed by atoms with Crippen LogP contribution in [0.15, 0.2) is 36.4 Å². The van der Waals surface area contributed by atoms with Crippen LogP contribution in [-0.2, 0) is 11.3 Å². The molecule has 2 aromatic carbocycles. The third-order valence-electron chi connectivity index (χ3n) is 8.51. The molecule has 0 unspecified atom stereocenters. The molecule has 0 aliphatic heterocycles. The third-order valence-corrected chi connectivity index (χ3v) is 8.51. The van der Waals surface area contributed by atoms with Gasteiger partial charge in [-0.2, -0.15) is 0 Å². The Kier molecular flexibility index (Phi) is 5.45. The monoisotopic (exact) mass is 421 g/mol. The van der Waals surface area contributed by atoms with E-state index < -0.39 is 11.4 Å². The Morgan fingerprint density at radius 3 is 2.29 bits per heavy atom. The number of carboxylic acids is 1. The zero-order chi connectivity index (χ0) is 21.5. The highest BCUT2D eigenvalue weighted by Crippen LogP contribution is 2.52. The molecule has 4 heteroatoms. The maximum atomic E-state index is 11.7. The maximum Gasteiger partial charge on any atom is 0.309 e. The number of aliphatic carboxylic acids is 1. The van der Waals surface area contributed by atoms with E-state index in [0.717, 1.165) is 56.7 Å². The number of nitrogens with one attached hydrogen (secondary N) is 1. The van der Waals surface area contributed by atoms with Gasteiger partial charge in [-0.15, -0.1) is 0 Å². The van der Waals surface area contributed by atoms with Crippen molar-refractivity contribution in [2.75, 3.05) is 0 Å². The number of hydrogen-bond acceptors (Lipinski definition) is 3. The normalized spacial score (nSPS) is 32.8. The van der Waals surface area contributed by atoms with Crippen molar-refractivity contribution >= 4 is 16.7 Å². The van der Waals surface area contributed by atoms with Crippen molar-refractivity contribution in [2.45, 2.75) is 89.3 Å². The Morgan fingerprint density at radius 1 is 0.968 bits per heavy atom. The van der Waals surface area contributed by atoms with Gasteiger partial charge in [0.2, 0.25) is 0 Å². The minimum absolute atomic E-state index is 0.126. The smallest absolute Gasteiger partial charge is 0.309 e. The summed E-state index contributed by atoms with van der Waals surface area (Å²) in [6, 6.07) is 13.2. The molecule has 6 rings (SSSR count). The van der Waals surface area contributed by atoms with E-state index in [0.29, 0.717) is 6.10 Å². The number of fused-ring (bicyclic) bond motifs is 4. The Bertz CT molecular complexity index is 936. The summed E-state index contributed by atoms with van der Waals surface area (Å²) in [6.07, 6.45) is 10.6. The molecular weight excluding hydrogens is 386 g/mol. The average molecular weight is 422 g/mol. The lowest BCUT2D eigenvalue weighted by atomic mass is 9.57. The van der Waals surface area contributed by atoms with Crippen LogP contribution >= 0.6 is 0 Å². The molecule has 4 fully saturated rings. The summed E-state index contributed by atoms with van der Waals surface area (Å²) in [4.78, 5) is 11.7. The van der Waals surface area contributed by atoms with E-state index in [1.807, 2.05) is 0 Å². The van der Waals surface area contributed by atoms with Crippen molar-refractivity contribution in [3.05, 3.63) is 42.0 Å². The first-order chi connectivity index (χ1) is 15.0. The Hall–Kier alpha value is -2.07. The van der Waals surface area contributed by atoms with E-state index in [1.165, 1.54) is 42.0 Å². The number of benzene rings is 2. The zero-order valence-electron chi connectivity index (χ0n) is 18.7. The molecule has 0 amide bonds. The van der Waals surface area contributed by atoms with Crippen molar-refractivity contribution in [1.29, 1.82) is 0 Å². The van der Waals surface area contributed by atoms with E-state index in [4.69, 9.17) is 4.74 Å². The molecule has 4 aliphatic carbocycles. The van der Waals surface area contributed by atoms with Gasteiger partial charge >= 0.3 is 5.97 Å². The molecule has 4 saturated carbocycles. The van der Waals surface area contributed by atoms with Crippen LogP contribution in [0.2, 0.25) is 0 Å². The topological polar surface area (TPSA) is 58.6 Å². The number of rotatable bonds is 6. The first kappa shape index (κ1) is 20.8. The molecule has 2 N–H and O–H groups in total. The summed E-state index contributed by atoms with van der Waals surface area (Å²) in [5, 5.41) is 15.9. The van der Waals surface area contributed by atoms with Crippen LogP contribution in [0, 0.1) is 11.3 Å². The molecule has 0 spiro atoms. The van der Waals surface area contributed by atoms with Gasteiger partial charge in [0, 0.05) is 12.1 Å². The second-order valence-corrected chi connectivity index (χ2v) is 10.6. The van der Waals surface area contributed by atoms with Crippen LogP contribution in [0.1, 0.15) is 76.7 Å². The summed E-state index contributed by atoms with van der Waals surface area (Å²) >= 11 is 0. The summed E-state index contributed by atoms with van der Waals surface area (Å²) < 4.78 is 6.27. The highest BCUT2D eigenvalue weighted by Gasteiger charge is 2.52. The van der Waals surface area contributed by atoms with Crippen LogP contribution in [0.4, 0.5) is 0 Å². The molecule has 4 nitrogen and oxygen atoms in total. The molecule has 0 aromatic heterocycles. The molecule has 2 bridgehead atoms. The van der Waals surface area contributed by atoms with Gasteiger partial charge in [-0.25, -0.2) is 0 Å². The Labute approximate surface area is 185 Å². The number of ether oxygens (including phenoxy) is 1. The molecule has 4 aliphatic rings. The van der Waals surface area contributed by atoms with Gasteiger partial charge in [-0.1, -0.05) is 25.1 Å². The fourth-order valence-electron chi connectivity index (χ4n) is 6.06. The van der Waals surface area contributed by atoms with Crippen molar-refractivity contribution in [3.8, 4) is 5.75 Å². The molecule has 0 atom stereocenters. The van der Waals surface area contributed by atoms with E-state index in [-0.39, 0.29) is 5.54 Å².